The molecule has 0 aliphatic carbocycles. The fourth-order valence-corrected chi connectivity index (χ4v) is 2.84. The van der Waals surface area contributed by atoms with E-state index in [9.17, 15) is 10.1 Å². The fraction of sp³-hybridized carbons (Fsp3) is 0.320. The van der Waals surface area contributed by atoms with Crippen molar-refractivity contribution in [3.05, 3.63) is 76.6 Å². The van der Waals surface area contributed by atoms with E-state index in [-0.39, 0.29) is 29.3 Å². The van der Waals surface area contributed by atoms with Crippen molar-refractivity contribution in [3.8, 4) is 11.8 Å². The molecule has 0 saturated heterocycles. The van der Waals surface area contributed by atoms with Gasteiger partial charge in [0.2, 0.25) is 0 Å². The number of amidine groups is 1. The molecule has 0 atom stereocenters. The van der Waals surface area contributed by atoms with Crippen LogP contribution < -0.4 is 15.8 Å². The van der Waals surface area contributed by atoms with Crippen molar-refractivity contribution in [2.75, 3.05) is 13.7 Å². The molecule has 0 amide bonds. The predicted octanol–water partition coefficient (Wildman–Crippen LogP) is 3.79. The average Bonchev–Trinajstić information content (AvgIpc) is 2.77. The first-order valence-corrected chi connectivity index (χ1v) is 10.3. The topological polar surface area (TPSA) is 110 Å². The monoisotopic (exact) mass is 434 g/mol. The number of ether oxygens (including phenoxy) is 2. The summed E-state index contributed by atoms with van der Waals surface area (Å²) in [6.07, 6.45) is 0. The molecule has 7 nitrogen and oxygen atoms in total. The number of nitriles is 1. The van der Waals surface area contributed by atoms with Crippen LogP contribution in [0.3, 0.4) is 0 Å². The van der Waals surface area contributed by atoms with Gasteiger partial charge in [0.05, 0.1) is 13.7 Å². The minimum absolute atomic E-state index is 0.00725. The highest BCUT2D eigenvalue weighted by Gasteiger charge is 2.18. The van der Waals surface area contributed by atoms with E-state index in [0.29, 0.717) is 12.1 Å². The summed E-state index contributed by atoms with van der Waals surface area (Å²) in [6, 6.07) is 17.0. The van der Waals surface area contributed by atoms with Gasteiger partial charge in [-0.3, -0.25) is 0 Å². The second kappa shape index (κ2) is 11.0. The third-order valence-electron chi connectivity index (χ3n) is 4.73. The largest absolute Gasteiger partial charge is 0.497 e. The van der Waals surface area contributed by atoms with Crippen molar-refractivity contribution in [2.24, 2.45) is 10.7 Å². The van der Waals surface area contributed by atoms with Crippen LogP contribution in [-0.2, 0) is 21.5 Å². The maximum Gasteiger partial charge on any atom is 0.352 e. The molecule has 2 aromatic rings. The summed E-state index contributed by atoms with van der Waals surface area (Å²) in [6.45, 7) is 8.52. The summed E-state index contributed by atoms with van der Waals surface area (Å²) in [7, 11) is 1.60. The standard InChI is InChI=1S/C25H30N4O3/c1-6-32-24(30)21(15-26)23(28-16-17-7-13-20(31-5)14-8-17)29-22(27)18-9-11-19(12-10-18)25(2,3)4/h7-14,28H,6,16H2,1-5H3,(H2,27,29)/b23-21+. The molecule has 0 unspecified atom stereocenters. The number of nitrogens with zero attached hydrogens (tertiary/aromatic N) is 2. The summed E-state index contributed by atoms with van der Waals surface area (Å²) in [5.74, 6) is 0.209. The van der Waals surface area contributed by atoms with Gasteiger partial charge in [-0.1, -0.05) is 57.2 Å². The second-order valence-electron chi connectivity index (χ2n) is 8.08. The Morgan fingerprint density at radius 1 is 1.12 bits per heavy atom. The molecule has 0 bridgehead atoms. The summed E-state index contributed by atoms with van der Waals surface area (Å²) in [5, 5.41) is 12.6. The van der Waals surface area contributed by atoms with Crippen molar-refractivity contribution in [1.29, 1.82) is 5.26 Å². The third-order valence-corrected chi connectivity index (χ3v) is 4.73. The van der Waals surface area contributed by atoms with Crippen LogP contribution in [0.15, 0.2) is 64.9 Å². The van der Waals surface area contributed by atoms with E-state index >= 15 is 0 Å². The van der Waals surface area contributed by atoms with Crippen LogP contribution in [-0.4, -0.2) is 25.5 Å². The van der Waals surface area contributed by atoms with Crippen molar-refractivity contribution in [2.45, 2.75) is 39.7 Å². The van der Waals surface area contributed by atoms with Crippen molar-refractivity contribution >= 4 is 11.8 Å². The molecule has 0 heterocycles. The number of carbonyl (C=O) groups excluding carboxylic acids is 1. The highest BCUT2D eigenvalue weighted by molar-refractivity contribution is 5.99. The molecule has 2 rings (SSSR count). The summed E-state index contributed by atoms with van der Waals surface area (Å²) in [4.78, 5) is 16.7. The third kappa shape index (κ3) is 6.61. The number of hydrogen-bond acceptors (Lipinski definition) is 6. The predicted molar refractivity (Wildman–Crippen MR) is 125 cm³/mol. The molecule has 168 valence electrons. The molecular formula is C25H30N4O3. The molecule has 0 spiro atoms. The summed E-state index contributed by atoms with van der Waals surface area (Å²) < 4.78 is 10.2. The number of nitrogens with one attached hydrogen (secondary N) is 1. The van der Waals surface area contributed by atoms with Gasteiger partial charge < -0.3 is 20.5 Å². The van der Waals surface area contributed by atoms with Crippen molar-refractivity contribution in [1.82, 2.24) is 5.32 Å². The van der Waals surface area contributed by atoms with Gasteiger partial charge in [0.25, 0.3) is 0 Å². The highest BCUT2D eigenvalue weighted by atomic mass is 16.5. The summed E-state index contributed by atoms with van der Waals surface area (Å²) in [5.41, 5.74) is 8.74. The fourth-order valence-electron chi connectivity index (χ4n) is 2.84. The summed E-state index contributed by atoms with van der Waals surface area (Å²) >= 11 is 0. The molecule has 0 aliphatic heterocycles. The number of rotatable bonds is 8. The molecule has 2 aromatic carbocycles. The van der Waals surface area contributed by atoms with Crippen LogP contribution in [0.25, 0.3) is 0 Å². The van der Waals surface area contributed by atoms with Gasteiger partial charge in [0.15, 0.2) is 11.4 Å². The molecule has 7 heteroatoms. The van der Waals surface area contributed by atoms with Gasteiger partial charge in [-0.25, -0.2) is 9.79 Å². The van der Waals surface area contributed by atoms with Crippen LogP contribution in [0.5, 0.6) is 5.75 Å². The first-order valence-electron chi connectivity index (χ1n) is 10.3. The Morgan fingerprint density at radius 3 is 2.25 bits per heavy atom. The molecular weight excluding hydrogens is 404 g/mol. The van der Waals surface area contributed by atoms with E-state index in [1.165, 1.54) is 0 Å². The Balaban J connectivity index is 2.38. The molecule has 0 radical (unpaired) electrons. The number of methoxy groups -OCH3 is 1. The van der Waals surface area contributed by atoms with Gasteiger partial charge in [0, 0.05) is 12.1 Å². The minimum Gasteiger partial charge on any atom is -0.497 e. The van der Waals surface area contributed by atoms with E-state index in [0.717, 1.165) is 16.9 Å². The highest BCUT2D eigenvalue weighted by Crippen LogP contribution is 2.22. The van der Waals surface area contributed by atoms with Crippen LogP contribution in [0.4, 0.5) is 0 Å². The zero-order chi connectivity index (χ0) is 23.7. The Labute approximate surface area is 189 Å². The normalized spacial score (nSPS) is 12.4. The maximum atomic E-state index is 12.3. The zero-order valence-corrected chi connectivity index (χ0v) is 19.2. The quantitative estimate of drug-likeness (QED) is 0.215. The number of esters is 1. The Bertz CT molecular complexity index is 1020. The Morgan fingerprint density at radius 2 is 1.75 bits per heavy atom. The minimum atomic E-state index is -0.758. The first-order chi connectivity index (χ1) is 15.2. The van der Waals surface area contributed by atoms with E-state index in [1.807, 2.05) is 54.6 Å². The number of hydrogen-bond donors (Lipinski definition) is 2. The first kappa shape index (κ1) is 24.5. The average molecular weight is 435 g/mol. The molecule has 0 fully saturated rings. The lowest BCUT2D eigenvalue weighted by Crippen LogP contribution is -2.22. The molecule has 0 aromatic heterocycles. The lowest BCUT2D eigenvalue weighted by atomic mass is 9.86. The Hall–Kier alpha value is -3.79. The molecule has 0 saturated carbocycles. The lowest BCUT2D eigenvalue weighted by molar-refractivity contribution is -0.138. The van der Waals surface area contributed by atoms with E-state index in [1.54, 1.807) is 14.0 Å². The van der Waals surface area contributed by atoms with E-state index in [2.05, 4.69) is 31.1 Å². The number of nitrogens with two attached hydrogens (primary N) is 1. The molecule has 32 heavy (non-hydrogen) atoms. The van der Waals surface area contributed by atoms with Crippen LogP contribution >= 0.6 is 0 Å². The van der Waals surface area contributed by atoms with Crippen molar-refractivity contribution < 1.29 is 14.3 Å². The smallest absolute Gasteiger partial charge is 0.352 e. The van der Waals surface area contributed by atoms with E-state index < -0.39 is 5.97 Å². The van der Waals surface area contributed by atoms with Gasteiger partial charge in [-0.15, -0.1) is 0 Å². The second-order valence-corrected chi connectivity index (χ2v) is 8.08. The lowest BCUT2D eigenvalue weighted by Gasteiger charge is -2.19. The number of benzene rings is 2. The van der Waals surface area contributed by atoms with Gasteiger partial charge in [-0.2, -0.15) is 5.26 Å². The zero-order valence-electron chi connectivity index (χ0n) is 19.2. The Kier molecular flexibility index (Phi) is 8.42. The number of carbonyl (C=O) groups is 1. The van der Waals surface area contributed by atoms with Gasteiger partial charge >= 0.3 is 5.97 Å². The van der Waals surface area contributed by atoms with E-state index in [4.69, 9.17) is 15.2 Å². The SMILES string of the molecule is CCOC(=O)/C(C#N)=C(/N=C(\N)c1ccc(C(C)(C)C)cc1)NCc1ccc(OC)cc1. The van der Waals surface area contributed by atoms with Gasteiger partial charge in [0.1, 0.15) is 17.7 Å². The van der Waals surface area contributed by atoms with Crippen LogP contribution in [0.2, 0.25) is 0 Å². The van der Waals surface area contributed by atoms with Crippen LogP contribution in [0.1, 0.15) is 44.4 Å². The van der Waals surface area contributed by atoms with Crippen molar-refractivity contribution in [3.63, 3.8) is 0 Å². The molecule has 3 N–H and O–H groups in total. The maximum absolute atomic E-state index is 12.3. The van der Waals surface area contributed by atoms with Gasteiger partial charge in [-0.05, 0) is 35.6 Å². The number of aliphatic imine (C=N–C) groups is 1. The van der Waals surface area contributed by atoms with Crippen LogP contribution in [0, 0.1) is 11.3 Å². The molecule has 0 aliphatic rings.